The van der Waals surface area contributed by atoms with E-state index in [0.717, 1.165) is 5.56 Å². The van der Waals surface area contributed by atoms with E-state index in [-0.39, 0.29) is 6.61 Å². The summed E-state index contributed by atoms with van der Waals surface area (Å²) in [5.74, 6) is 1.19. The van der Waals surface area contributed by atoms with Crippen LogP contribution in [0, 0.1) is 0 Å². The molecule has 5 nitrogen and oxygen atoms in total. The normalized spacial score (nSPS) is 10.7. The van der Waals surface area contributed by atoms with Gasteiger partial charge in [-0.2, -0.15) is 5.10 Å². The van der Waals surface area contributed by atoms with Gasteiger partial charge in [-0.05, 0) is 0 Å². The van der Waals surface area contributed by atoms with Crippen molar-refractivity contribution in [1.82, 2.24) is 14.8 Å². The molecule has 1 heterocycles. The zero-order valence-electron chi connectivity index (χ0n) is 9.71. The molecule has 0 atom stereocenters. The Morgan fingerprint density at radius 1 is 1.29 bits per heavy atom. The summed E-state index contributed by atoms with van der Waals surface area (Å²) in [6.07, 6.45) is 0. The summed E-state index contributed by atoms with van der Waals surface area (Å²) in [7, 11) is 1.63. The minimum absolute atomic E-state index is 0.121. The second-order valence-corrected chi connectivity index (χ2v) is 3.59. The van der Waals surface area contributed by atoms with Crippen molar-refractivity contribution in [3.05, 3.63) is 36.2 Å². The first-order valence-electron chi connectivity index (χ1n) is 5.44. The van der Waals surface area contributed by atoms with E-state index in [1.54, 1.807) is 11.8 Å². The number of nitrogens with zero attached hydrogens (tertiary/aromatic N) is 3. The first-order chi connectivity index (χ1) is 8.35. The molecule has 0 fully saturated rings. The van der Waals surface area contributed by atoms with Crippen LogP contribution in [0.5, 0.6) is 0 Å². The van der Waals surface area contributed by atoms with Crippen LogP contribution in [0.2, 0.25) is 0 Å². The van der Waals surface area contributed by atoms with E-state index in [4.69, 9.17) is 4.74 Å². The maximum Gasteiger partial charge on any atom is 0.181 e. The minimum atomic E-state index is -0.121. The highest BCUT2D eigenvalue weighted by atomic mass is 16.5. The van der Waals surface area contributed by atoms with Gasteiger partial charge in [-0.3, -0.25) is 0 Å². The monoisotopic (exact) mass is 233 g/mol. The molecule has 0 bridgehead atoms. The summed E-state index contributed by atoms with van der Waals surface area (Å²) in [6.45, 7) is 1.01. The summed E-state index contributed by atoms with van der Waals surface area (Å²) < 4.78 is 6.66. The molecule has 1 aromatic carbocycles. The van der Waals surface area contributed by atoms with Crippen molar-refractivity contribution >= 4 is 0 Å². The van der Waals surface area contributed by atoms with E-state index in [9.17, 15) is 5.11 Å². The van der Waals surface area contributed by atoms with Crippen molar-refractivity contribution < 1.29 is 9.84 Å². The predicted molar refractivity (Wildman–Crippen MR) is 63.3 cm³/mol. The average Bonchev–Trinajstić information content (AvgIpc) is 2.80. The second-order valence-electron chi connectivity index (χ2n) is 3.59. The van der Waals surface area contributed by atoms with E-state index in [2.05, 4.69) is 10.1 Å². The highest BCUT2D eigenvalue weighted by molar-refractivity contribution is 5.53. The molecule has 90 valence electrons. The molecule has 0 spiro atoms. The van der Waals surface area contributed by atoms with Crippen molar-refractivity contribution in [3.63, 3.8) is 0 Å². The molecule has 0 saturated carbocycles. The molecule has 2 rings (SSSR count). The molecule has 0 aliphatic heterocycles. The molecule has 0 aliphatic rings. The van der Waals surface area contributed by atoms with Gasteiger partial charge in [0.1, 0.15) is 6.61 Å². The van der Waals surface area contributed by atoms with Gasteiger partial charge in [0.05, 0.1) is 13.2 Å². The Morgan fingerprint density at radius 2 is 2.06 bits per heavy atom. The molecule has 0 aliphatic carbocycles. The Balaban J connectivity index is 2.28. The van der Waals surface area contributed by atoms with Crippen LogP contribution in [0.15, 0.2) is 30.3 Å². The van der Waals surface area contributed by atoms with Gasteiger partial charge in [-0.1, -0.05) is 30.3 Å². The number of hydrogen-bond acceptors (Lipinski definition) is 4. The van der Waals surface area contributed by atoms with E-state index >= 15 is 0 Å². The number of aromatic nitrogens is 3. The molecule has 5 heteroatoms. The first-order valence-corrected chi connectivity index (χ1v) is 5.44. The quantitative estimate of drug-likeness (QED) is 0.839. The van der Waals surface area contributed by atoms with Crippen LogP contribution in [-0.4, -0.2) is 33.6 Å². The fourth-order valence-electron chi connectivity index (χ4n) is 1.56. The fourth-order valence-corrected chi connectivity index (χ4v) is 1.56. The number of methoxy groups -OCH3 is 1. The predicted octanol–water partition coefficient (Wildman–Crippen LogP) is 1.08. The van der Waals surface area contributed by atoms with E-state index in [0.29, 0.717) is 24.8 Å². The third-order valence-corrected chi connectivity index (χ3v) is 2.43. The number of aliphatic hydroxyl groups excluding tert-OH is 1. The van der Waals surface area contributed by atoms with Crippen LogP contribution in [0.3, 0.4) is 0 Å². The standard InChI is InChI=1S/C12H15N3O2/c1-17-8-7-15-11(9-16)13-12(14-15)10-5-3-2-4-6-10/h2-6,16H,7-9H2,1H3. The number of aliphatic hydroxyl groups is 1. The second kappa shape index (κ2) is 5.56. The summed E-state index contributed by atoms with van der Waals surface area (Å²) in [6, 6.07) is 9.69. The Morgan fingerprint density at radius 3 is 2.71 bits per heavy atom. The molecule has 0 saturated heterocycles. The average molecular weight is 233 g/mol. The van der Waals surface area contributed by atoms with Crippen LogP contribution >= 0.6 is 0 Å². The molecular weight excluding hydrogens is 218 g/mol. The van der Waals surface area contributed by atoms with E-state index < -0.39 is 0 Å². The number of benzene rings is 1. The molecule has 1 N–H and O–H groups in total. The maximum atomic E-state index is 9.21. The molecule has 1 aromatic heterocycles. The molecule has 0 amide bonds. The van der Waals surface area contributed by atoms with Gasteiger partial charge >= 0.3 is 0 Å². The summed E-state index contributed by atoms with van der Waals surface area (Å²) in [5, 5.41) is 13.6. The SMILES string of the molecule is COCCn1nc(-c2ccccc2)nc1CO. The Kier molecular flexibility index (Phi) is 3.85. The van der Waals surface area contributed by atoms with Gasteiger partial charge in [-0.25, -0.2) is 9.67 Å². The van der Waals surface area contributed by atoms with Crippen molar-refractivity contribution in [3.8, 4) is 11.4 Å². The smallest absolute Gasteiger partial charge is 0.181 e. The lowest BCUT2D eigenvalue weighted by Crippen LogP contribution is -2.09. The van der Waals surface area contributed by atoms with Gasteiger partial charge in [0, 0.05) is 12.7 Å². The minimum Gasteiger partial charge on any atom is -0.388 e. The lowest BCUT2D eigenvalue weighted by atomic mass is 10.2. The van der Waals surface area contributed by atoms with Crippen LogP contribution in [-0.2, 0) is 17.9 Å². The van der Waals surface area contributed by atoms with Gasteiger partial charge in [0.2, 0.25) is 0 Å². The summed E-state index contributed by atoms with van der Waals surface area (Å²) >= 11 is 0. The fraction of sp³-hybridized carbons (Fsp3) is 0.333. The van der Waals surface area contributed by atoms with Crippen molar-refractivity contribution in [2.24, 2.45) is 0 Å². The third kappa shape index (κ3) is 2.69. The number of hydrogen-bond donors (Lipinski definition) is 1. The molecular formula is C12H15N3O2. The van der Waals surface area contributed by atoms with E-state index in [1.165, 1.54) is 0 Å². The van der Waals surface area contributed by atoms with E-state index in [1.807, 2.05) is 30.3 Å². The molecule has 17 heavy (non-hydrogen) atoms. The topological polar surface area (TPSA) is 60.2 Å². The van der Waals surface area contributed by atoms with Gasteiger partial charge in [0.25, 0.3) is 0 Å². The molecule has 0 radical (unpaired) electrons. The first kappa shape index (κ1) is 11.8. The highest BCUT2D eigenvalue weighted by Crippen LogP contribution is 2.14. The number of ether oxygens (including phenoxy) is 1. The Bertz CT molecular complexity index is 468. The lowest BCUT2D eigenvalue weighted by molar-refractivity contribution is 0.178. The van der Waals surface area contributed by atoms with Crippen LogP contribution in [0.1, 0.15) is 5.82 Å². The number of rotatable bonds is 5. The zero-order chi connectivity index (χ0) is 12.1. The van der Waals surface area contributed by atoms with Gasteiger partial charge < -0.3 is 9.84 Å². The Labute approximate surface area is 99.7 Å². The third-order valence-electron chi connectivity index (χ3n) is 2.43. The van der Waals surface area contributed by atoms with Crippen LogP contribution in [0.4, 0.5) is 0 Å². The van der Waals surface area contributed by atoms with Crippen LogP contribution < -0.4 is 0 Å². The maximum absolute atomic E-state index is 9.21. The highest BCUT2D eigenvalue weighted by Gasteiger charge is 2.09. The summed E-state index contributed by atoms with van der Waals surface area (Å²) in [4.78, 5) is 4.30. The summed E-state index contributed by atoms with van der Waals surface area (Å²) in [5.41, 5.74) is 0.943. The molecule has 0 unspecified atom stereocenters. The zero-order valence-corrected chi connectivity index (χ0v) is 9.71. The van der Waals surface area contributed by atoms with Crippen LogP contribution in [0.25, 0.3) is 11.4 Å². The van der Waals surface area contributed by atoms with Crippen molar-refractivity contribution in [2.45, 2.75) is 13.2 Å². The largest absolute Gasteiger partial charge is 0.388 e. The van der Waals surface area contributed by atoms with Crippen molar-refractivity contribution in [2.75, 3.05) is 13.7 Å². The van der Waals surface area contributed by atoms with Crippen molar-refractivity contribution in [1.29, 1.82) is 0 Å². The lowest BCUT2D eigenvalue weighted by Gasteiger charge is -2.01. The van der Waals surface area contributed by atoms with Gasteiger partial charge in [0.15, 0.2) is 11.6 Å². The van der Waals surface area contributed by atoms with Gasteiger partial charge in [-0.15, -0.1) is 0 Å². The Hall–Kier alpha value is -1.72. The molecule has 2 aromatic rings.